The van der Waals surface area contributed by atoms with Crippen LogP contribution in [-0.2, 0) is 4.79 Å². The molecule has 0 atom stereocenters. The molecule has 0 bridgehead atoms. The van der Waals surface area contributed by atoms with E-state index < -0.39 is 0 Å². The van der Waals surface area contributed by atoms with Crippen LogP contribution in [0.1, 0.15) is 25.0 Å². The molecule has 33 heavy (non-hydrogen) atoms. The van der Waals surface area contributed by atoms with Crippen LogP contribution >= 0.6 is 11.8 Å². The number of nitrogens with one attached hydrogen (secondary N) is 4. The molecule has 5 rings (SSSR count). The average Bonchev–Trinajstić information content (AvgIpc) is 3.62. The number of anilines is 4. The molecule has 1 amide bonds. The minimum atomic E-state index is 0.114. The predicted octanol–water partition coefficient (Wildman–Crippen LogP) is 3.55. The highest BCUT2D eigenvalue weighted by Gasteiger charge is 2.29. The molecule has 1 saturated carbocycles. The molecule has 2 aliphatic rings. The Balaban J connectivity index is 1.35. The first kappa shape index (κ1) is 21.7. The molecule has 1 saturated heterocycles. The number of carbonyl (C=O) groups excluding carboxylic acids is 1. The van der Waals surface area contributed by atoms with E-state index in [9.17, 15) is 4.79 Å². The van der Waals surface area contributed by atoms with Crippen LogP contribution in [0.4, 0.5) is 23.1 Å². The molecule has 9 nitrogen and oxygen atoms in total. The number of aromatic amines is 1. The monoisotopic (exact) mass is 464 g/mol. The molecule has 4 N–H and O–H groups in total. The zero-order valence-electron chi connectivity index (χ0n) is 18.6. The van der Waals surface area contributed by atoms with E-state index in [1.54, 1.807) is 0 Å². The lowest BCUT2D eigenvalue weighted by molar-refractivity contribution is -0.117. The summed E-state index contributed by atoms with van der Waals surface area (Å²) in [5.41, 5.74) is 1.73. The van der Waals surface area contributed by atoms with E-state index in [0.717, 1.165) is 79.2 Å². The van der Waals surface area contributed by atoms with E-state index in [-0.39, 0.29) is 11.8 Å². The number of aryl methyl sites for hydroxylation is 1. The van der Waals surface area contributed by atoms with Gasteiger partial charge in [-0.25, -0.2) is 9.97 Å². The van der Waals surface area contributed by atoms with Crippen molar-refractivity contribution in [3.8, 4) is 0 Å². The van der Waals surface area contributed by atoms with Crippen molar-refractivity contribution in [2.45, 2.75) is 36.2 Å². The van der Waals surface area contributed by atoms with Crippen LogP contribution in [-0.4, -0.2) is 52.3 Å². The summed E-state index contributed by atoms with van der Waals surface area (Å²) < 4.78 is 0. The van der Waals surface area contributed by atoms with Crippen LogP contribution < -0.4 is 20.9 Å². The van der Waals surface area contributed by atoms with Gasteiger partial charge in [0, 0.05) is 48.3 Å². The van der Waals surface area contributed by atoms with Gasteiger partial charge in [-0.15, -0.1) is 0 Å². The Bertz CT molecular complexity index is 1100. The van der Waals surface area contributed by atoms with Gasteiger partial charge in [0.25, 0.3) is 0 Å². The van der Waals surface area contributed by atoms with Crippen LogP contribution in [0.3, 0.4) is 0 Å². The fourth-order valence-corrected chi connectivity index (χ4v) is 4.45. The molecular formula is C23H28N8OS. The summed E-state index contributed by atoms with van der Waals surface area (Å²) in [6.45, 7) is 5.74. The molecule has 2 fully saturated rings. The second-order valence-electron chi connectivity index (χ2n) is 8.42. The lowest BCUT2D eigenvalue weighted by Gasteiger charge is -2.22. The van der Waals surface area contributed by atoms with Crippen molar-refractivity contribution in [2.24, 2.45) is 5.92 Å². The Hall–Kier alpha value is -3.11. The van der Waals surface area contributed by atoms with Crippen LogP contribution in [0.2, 0.25) is 0 Å². The zero-order valence-corrected chi connectivity index (χ0v) is 19.4. The van der Waals surface area contributed by atoms with E-state index in [2.05, 4.69) is 31.0 Å². The quantitative estimate of drug-likeness (QED) is 0.393. The SMILES string of the molecule is Cc1cc(Nc2cc(N3CCCNCC3)nc(Sc3ccc(NC(=O)C4CC4)cc3)n2)[nH]n1. The average molecular weight is 465 g/mol. The van der Waals surface area contributed by atoms with Gasteiger partial charge in [-0.3, -0.25) is 9.89 Å². The molecule has 0 radical (unpaired) electrons. The number of carbonyl (C=O) groups is 1. The first-order valence-corrected chi connectivity index (χ1v) is 12.2. The molecule has 3 aromatic rings. The van der Waals surface area contributed by atoms with Crippen molar-refractivity contribution in [2.75, 3.05) is 41.7 Å². The van der Waals surface area contributed by atoms with Crippen molar-refractivity contribution in [3.63, 3.8) is 0 Å². The van der Waals surface area contributed by atoms with E-state index in [1.807, 2.05) is 43.3 Å². The highest BCUT2D eigenvalue weighted by atomic mass is 32.2. The van der Waals surface area contributed by atoms with E-state index in [0.29, 0.717) is 5.16 Å². The third kappa shape index (κ3) is 5.82. The van der Waals surface area contributed by atoms with Crippen LogP contribution in [0.25, 0.3) is 0 Å². The Morgan fingerprint density at radius 1 is 1.12 bits per heavy atom. The van der Waals surface area contributed by atoms with E-state index >= 15 is 0 Å². The second kappa shape index (κ2) is 9.80. The molecule has 0 spiro atoms. The Morgan fingerprint density at radius 2 is 1.97 bits per heavy atom. The summed E-state index contributed by atoms with van der Waals surface area (Å²) in [4.78, 5) is 24.9. The van der Waals surface area contributed by atoms with Crippen molar-refractivity contribution >= 4 is 40.8 Å². The molecule has 1 aliphatic heterocycles. The minimum Gasteiger partial charge on any atom is -0.355 e. The smallest absolute Gasteiger partial charge is 0.227 e. The van der Waals surface area contributed by atoms with Crippen molar-refractivity contribution in [1.82, 2.24) is 25.5 Å². The maximum absolute atomic E-state index is 12.0. The highest BCUT2D eigenvalue weighted by Crippen LogP contribution is 2.32. The largest absolute Gasteiger partial charge is 0.355 e. The van der Waals surface area contributed by atoms with Gasteiger partial charge in [-0.05, 0) is 68.8 Å². The fourth-order valence-electron chi connectivity index (χ4n) is 3.68. The third-order valence-corrected chi connectivity index (χ3v) is 6.48. The topological polar surface area (TPSA) is 111 Å². The first-order valence-electron chi connectivity index (χ1n) is 11.3. The Morgan fingerprint density at radius 3 is 2.73 bits per heavy atom. The maximum Gasteiger partial charge on any atom is 0.227 e. The van der Waals surface area contributed by atoms with Gasteiger partial charge >= 0.3 is 0 Å². The van der Waals surface area contributed by atoms with Gasteiger partial charge in [0.05, 0.1) is 5.69 Å². The summed E-state index contributed by atoms with van der Waals surface area (Å²) in [5, 5.41) is 17.6. The van der Waals surface area contributed by atoms with Gasteiger partial charge in [-0.1, -0.05) is 0 Å². The summed E-state index contributed by atoms with van der Waals surface area (Å²) in [6.07, 6.45) is 3.06. The normalized spacial score (nSPS) is 16.3. The Kier molecular flexibility index (Phi) is 6.45. The summed E-state index contributed by atoms with van der Waals surface area (Å²) in [5.74, 6) is 2.72. The first-order chi connectivity index (χ1) is 16.1. The minimum absolute atomic E-state index is 0.114. The summed E-state index contributed by atoms with van der Waals surface area (Å²) >= 11 is 1.50. The molecule has 2 aromatic heterocycles. The molecule has 172 valence electrons. The third-order valence-electron chi connectivity index (χ3n) is 5.60. The molecule has 1 aromatic carbocycles. The Labute approximate surface area is 197 Å². The fraction of sp³-hybridized carbons (Fsp3) is 0.391. The van der Waals surface area contributed by atoms with Crippen molar-refractivity contribution < 1.29 is 4.79 Å². The maximum atomic E-state index is 12.0. The van der Waals surface area contributed by atoms with Gasteiger partial charge < -0.3 is 20.9 Å². The van der Waals surface area contributed by atoms with Crippen molar-refractivity contribution in [1.29, 1.82) is 0 Å². The van der Waals surface area contributed by atoms with Gasteiger partial charge in [0.1, 0.15) is 17.5 Å². The number of benzene rings is 1. The lowest BCUT2D eigenvalue weighted by Crippen LogP contribution is -2.28. The summed E-state index contributed by atoms with van der Waals surface area (Å²) in [7, 11) is 0. The molecule has 1 aliphatic carbocycles. The molecule has 10 heteroatoms. The van der Waals surface area contributed by atoms with Crippen LogP contribution in [0.5, 0.6) is 0 Å². The van der Waals surface area contributed by atoms with Crippen LogP contribution in [0, 0.1) is 12.8 Å². The highest BCUT2D eigenvalue weighted by molar-refractivity contribution is 7.99. The number of hydrogen-bond donors (Lipinski definition) is 4. The van der Waals surface area contributed by atoms with Gasteiger partial charge in [0.2, 0.25) is 5.91 Å². The molecular weight excluding hydrogens is 436 g/mol. The zero-order chi connectivity index (χ0) is 22.6. The predicted molar refractivity (Wildman–Crippen MR) is 130 cm³/mol. The molecule has 3 heterocycles. The van der Waals surface area contributed by atoms with Crippen LogP contribution in [0.15, 0.2) is 46.5 Å². The van der Waals surface area contributed by atoms with Gasteiger partial charge in [0.15, 0.2) is 5.16 Å². The molecule has 0 unspecified atom stereocenters. The number of hydrogen-bond acceptors (Lipinski definition) is 8. The standard InChI is InChI=1S/C23H28N8OS/c1-15-13-20(30-29-15)26-19-14-21(31-11-2-9-24-10-12-31)28-23(27-19)33-18-7-5-17(6-8-18)25-22(32)16-3-4-16/h5-8,13-14,16,24H,2-4,9-12H2,1H3,(H,25,32)(H2,26,27,28,29,30). The number of nitrogens with zero attached hydrogens (tertiary/aromatic N) is 4. The number of H-pyrrole nitrogens is 1. The number of aromatic nitrogens is 4. The van der Waals surface area contributed by atoms with Crippen molar-refractivity contribution in [3.05, 3.63) is 42.1 Å². The number of amides is 1. The van der Waals surface area contributed by atoms with E-state index in [1.165, 1.54) is 11.8 Å². The second-order valence-corrected chi connectivity index (χ2v) is 9.46. The van der Waals surface area contributed by atoms with Gasteiger partial charge in [-0.2, -0.15) is 5.10 Å². The lowest BCUT2D eigenvalue weighted by atomic mass is 10.3. The number of rotatable bonds is 7. The van der Waals surface area contributed by atoms with E-state index in [4.69, 9.17) is 9.97 Å². The summed E-state index contributed by atoms with van der Waals surface area (Å²) in [6, 6.07) is 11.8.